The van der Waals surface area contributed by atoms with Gasteiger partial charge in [-0.2, -0.15) is 27.0 Å². The predicted octanol–water partition coefficient (Wildman–Crippen LogP) is 7.28. The molecule has 0 atom stereocenters. The van der Waals surface area contributed by atoms with E-state index in [0.717, 1.165) is 15.9 Å². The molecule has 2 heterocycles. The van der Waals surface area contributed by atoms with Gasteiger partial charge in [-0.3, -0.25) is 0 Å². The Morgan fingerprint density at radius 3 is 1.82 bits per heavy atom. The van der Waals surface area contributed by atoms with Gasteiger partial charge in [0.05, 0.1) is 44.4 Å². The fourth-order valence-electron chi connectivity index (χ4n) is 6.50. The van der Waals surface area contributed by atoms with Crippen LogP contribution in [0.3, 0.4) is 0 Å². The first kappa shape index (κ1) is 38.7. The number of fused-ring (bicyclic) bond motifs is 1. The molecule has 0 aliphatic heterocycles. The first-order chi connectivity index (χ1) is 27.4. The summed E-state index contributed by atoms with van der Waals surface area (Å²) in [5.41, 5.74) is 0.347. The van der Waals surface area contributed by atoms with Gasteiger partial charge in [0.15, 0.2) is 6.20 Å². The second kappa shape index (κ2) is 15.9. The van der Waals surface area contributed by atoms with Crippen LogP contribution in [0.1, 0.15) is 22.3 Å². The molecule has 5 aromatic carbocycles. The van der Waals surface area contributed by atoms with Crippen LogP contribution in [0.15, 0.2) is 126 Å². The van der Waals surface area contributed by atoms with Crippen LogP contribution in [0, 0.1) is 5.21 Å². The van der Waals surface area contributed by atoms with E-state index in [1.165, 1.54) is 44.5 Å². The van der Waals surface area contributed by atoms with Crippen LogP contribution in [0.4, 0.5) is 13.2 Å². The normalized spacial score (nSPS) is 11.9. The van der Waals surface area contributed by atoms with Crippen molar-refractivity contribution in [1.29, 1.82) is 0 Å². The maximum absolute atomic E-state index is 15.3. The van der Waals surface area contributed by atoms with Crippen LogP contribution in [-0.4, -0.2) is 54.3 Å². The molecule has 0 N–H and O–H groups in total. The van der Waals surface area contributed by atoms with Crippen molar-refractivity contribution in [2.24, 2.45) is 0 Å². The number of alkyl halides is 3. The number of ether oxygens (including phenoxy) is 3. The standard InChI is InChI=1S/C41H35F3N6O6S/c1-54-30-15-9-27(10-16-30)24-48(25-28-11-17-31(55-2)18-12-28)57(52,53)39-36(41(42,43)44)22-21-35(33-6-4-8-37-34(33)7-5-23-49(37)51)38(39)40-45-47-50(46-40)26-29-13-19-32(56-3)20-14-29/h4-23H,24-26H2,1-3H3. The molecule has 292 valence electrons. The quantitative estimate of drug-likeness (QED) is 0.0872. The van der Waals surface area contributed by atoms with E-state index < -0.39 is 32.2 Å². The lowest BCUT2D eigenvalue weighted by atomic mass is 9.94. The zero-order valence-corrected chi connectivity index (χ0v) is 31.7. The van der Waals surface area contributed by atoms with E-state index in [4.69, 9.17) is 14.2 Å². The number of pyridine rings is 1. The minimum absolute atomic E-state index is 0.0382. The molecule has 0 saturated carbocycles. The summed E-state index contributed by atoms with van der Waals surface area (Å²) in [6, 6.07) is 29.8. The number of methoxy groups -OCH3 is 3. The van der Waals surface area contributed by atoms with Crippen molar-refractivity contribution in [3.05, 3.63) is 149 Å². The lowest BCUT2D eigenvalue weighted by molar-refractivity contribution is -0.577. The van der Waals surface area contributed by atoms with Gasteiger partial charge in [-0.1, -0.05) is 54.6 Å². The Hall–Kier alpha value is -6.52. The second-order valence-corrected chi connectivity index (χ2v) is 14.8. The smallest absolute Gasteiger partial charge is 0.417 e. The van der Waals surface area contributed by atoms with Gasteiger partial charge in [-0.15, -0.1) is 10.2 Å². The highest BCUT2D eigenvalue weighted by molar-refractivity contribution is 7.89. The average molecular weight is 797 g/mol. The van der Waals surface area contributed by atoms with Crippen molar-refractivity contribution in [3.63, 3.8) is 0 Å². The highest BCUT2D eigenvalue weighted by atomic mass is 32.2. The van der Waals surface area contributed by atoms with Crippen LogP contribution >= 0.6 is 0 Å². The van der Waals surface area contributed by atoms with Gasteiger partial charge >= 0.3 is 6.18 Å². The second-order valence-electron chi connectivity index (χ2n) is 12.9. The number of sulfonamides is 1. The monoisotopic (exact) mass is 796 g/mol. The molecular weight excluding hydrogens is 762 g/mol. The number of hydrogen-bond donors (Lipinski definition) is 0. The van der Waals surface area contributed by atoms with E-state index in [-0.39, 0.29) is 42.1 Å². The van der Waals surface area contributed by atoms with Crippen LogP contribution < -0.4 is 18.9 Å². The van der Waals surface area contributed by atoms with Crippen molar-refractivity contribution in [2.75, 3.05) is 21.3 Å². The highest BCUT2D eigenvalue weighted by Gasteiger charge is 2.43. The van der Waals surface area contributed by atoms with Gasteiger partial charge in [0, 0.05) is 25.2 Å². The van der Waals surface area contributed by atoms with Gasteiger partial charge in [0.1, 0.15) is 22.1 Å². The largest absolute Gasteiger partial charge is 0.618 e. The summed E-state index contributed by atoms with van der Waals surface area (Å²) in [6.45, 7) is -0.582. The Morgan fingerprint density at radius 2 is 1.28 bits per heavy atom. The van der Waals surface area contributed by atoms with Crippen molar-refractivity contribution in [2.45, 2.75) is 30.7 Å². The molecule has 0 spiro atoms. The fraction of sp³-hybridized carbons (Fsp3) is 0.171. The van der Waals surface area contributed by atoms with Gasteiger partial charge < -0.3 is 19.4 Å². The first-order valence-corrected chi connectivity index (χ1v) is 18.9. The van der Waals surface area contributed by atoms with E-state index in [1.807, 2.05) is 0 Å². The number of nitrogens with zero attached hydrogens (tertiary/aromatic N) is 6. The molecule has 2 aromatic heterocycles. The number of benzene rings is 5. The van der Waals surface area contributed by atoms with Crippen molar-refractivity contribution >= 4 is 20.9 Å². The average Bonchev–Trinajstić information content (AvgIpc) is 3.68. The van der Waals surface area contributed by atoms with E-state index in [1.54, 1.807) is 97.1 Å². The van der Waals surface area contributed by atoms with E-state index >= 15 is 21.6 Å². The minimum atomic E-state index is -5.16. The third-order valence-electron chi connectivity index (χ3n) is 9.35. The molecule has 0 aliphatic carbocycles. The van der Waals surface area contributed by atoms with Gasteiger partial charge in [-0.05, 0) is 81.6 Å². The topological polar surface area (TPSA) is 136 Å². The SMILES string of the molecule is COc1ccc(CN(Cc2ccc(OC)cc2)S(=O)(=O)c2c(C(F)(F)F)ccc(-c3cccc4c3ccc[n+]4[O-])c2-c2nnn(Cc3ccc(OC)cc3)n2)cc1. The maximum atomic E-state index is 15.3. The summed E-state index contributed by atoms with van der Waals surface area (Å²) in [6.07, 6.45) is -3.87. The van der Waals surface area contributed by atoms with E-state index in [2.05, 4.69) is 15.4 Å². The van der Waals surface area contributed by atoms with Crippen LogP contribution in [0.25, 0.3) is 33.4 Å². The Bertz CT molecular complexity index is 2590. The molecular formula is C41H35F3N6O6S. The van der Waals surface area contributed by atoms with Gasteiger partial charge in [0.2, 0.25) is 21.4 Å². The molecule has 12 nitrogen and oxygen atoms in total. The maximum Gasteiger partial charge on any atom is 0.417 e. The number of aromatic nitrogens is 5. The number of rotatable bonds is 13. The molecule has 16 heteroatoms. The summed E-state index contributed by atoms with van der Waals surface area (Å²) in [4.78, 5) is 0.0973. The summed E-state index contributed by atoms with van der Waals surface area (Å²) in [5.74, 6) is 1.25. The predicted molar refractivity (Wildman–Crippen MR) is 205 cm³/mol. The molecule has 0 fully saturated rings. The van der Waals surface area contributed by atoms with Gasteiger partial charge in [-0.25, -0.2) is 8.42 Å². The zero-order chi connectivity index (χ0) is 40.3. The van der Waals surface area contributed by atoms with Crippen LogP contribution in [0.5, 0.6) is 17.2 Å². The van der Waals surface area contributed by atoms with Crippen molar-refractivity contribution in [3.8, 4) is 39.8 Å². The number of hydrogen-bond acceptors (Lipinski definition) is 9. The summed E-state index contributed by atoms with van der Waals surface area (Å²) in [7, 11) is -0.625. The summed E-state index contributed by atoms with van der Waals surface area (Å²) in [5, 5.41) is 26.0. The molecule has 0 aliphatic rings. The number of halogens is 3. The zero-order valence-electron chi connectivity index (χ0n) is 30.8. The molecule has 0 saturated heterocycles. The van der Waals surface area contributed by atoms with Crippen molar-refractivity contribution in [1.82, 2.24) is 24.5 Å². The fourth-order valence-corrected chi connectivity index (χ4v) is 8.32. The molecule has 7 aromatic rings. The third kappa shape index (κ3) is 8.08. The Balaban J connectivity index is 1.48. The molecule has 0 bridgehead atoms. The van der Waals surface area contributed by atoms with E-state index in [9.17, 15) is 5.21 Å². The third-order valence-corrected chi connectivity index (χ3v) is 11.2. The molecule has 57 heavy (non-hydrogen) atoms. The Morgan fingerprint density at radius 1 is 0.719 bits per heavy atom. The molecule has 7 rings (SSSR count). The summed E-state index contributed by atoms with van der Waals surface area (Å²) >= 11 is 0. The van der Waals surface area contributed by atoms with Gasteiger partial charge in [0.25, 0.3) is 0 Å². The van der Waals surface area contributed by atoms with E-state index in [0.29, 0.717) is 38.5 Å². The lowest BCUT2D eigenvalue weighted by Gasteiger charge is -2.27. The first-order valence-electron chi connectivity index (χ1n) is 17.4. The molecule has 0 unspecified atom stereocenters. The van der Waals surface area contributed by atoms with Crippen LogP contribution in [-0.2, 0) is 35.8 Å². The highest BCUT2D eigenvalue weighted by Crippen LogP contribution is 2.46. The molecule has 0 radical (unpaired) electrons. The van der Waals surface area contributed by atoms with Crippen molar-refractivity contribution < 1.29 is 40.5 Å². The molecule has 0 amide bonds. The number of tetrazole rings is 1. The summed E-state index contributed by atoms with van der Waals surface area (Å²) < 4.78 is 94.0. The lowest BCUT2D eigenvalue weighted by Crippen LogP contribution is -2.32. The Kier molecular flexibility index (Phi) is 10.8. The minimum Gasteiger partial charge on any atom is -0.618 e. The van der Waals surface area contributed by atoms with Crippen LogP contribution in [0.2, 0.25) is 0 Å². The Labute approximate surface area is 325 Å².